The van der Waals surface area contributed by atoms with Crippen LogP contribution in [0.4, 0.5) is 0 Å². The summed E-state index contributed by atoms with van der Waals surface area (Å²) >= 11 is 0. The van der Waals surface area contributed by atoms with Gasteiger partial charge in [0.2, 0.25) is 0 Å². The van der Waals surface area contributed by atoms with Crippen LogP contribution in [0.1, 0.15) is 19.8 Å². The third-order valence-corrected chi connectivity index (χ3v) is 2.69. The normalized spacial score (nSPS) is 28.3. The first-order valence-corrected chi connectivity index (χ1v) is 5.43. The number of carbonyl (C=O) groups is 1. The summed E-state index contributed by atoms with van der Waals surface area (Å²) in [5.41, 5.74) is 0. The maximum Gasteiger partial charge on any atom is 0.304 e. The molecule has 1 rings (SSSR count). The van der Waals surface area contributed by atoms with E-state index < -0.39 is 5.97 Å². The average molecular weight is 212 g/mol. The predicted molar refractivity (Wildman–Crippen MR) is 59.9 cm³/mol. The molecule has 2 atom stereocenters. The lowest BCUT2D eigenvalue weighted by atomic mass is 10.2. The number of carboxylic acids is 1. The predicted octanol–water partition coefficient (Wildman–Crippen LogP) is 0.699. The smallest absolute Gasteiger partial charge is 0.304 e. The second-order valence-corrected chi connectivity index (χ2v) is 4.20. The second-order valence-electron chi connectivity index (χ2n) is 4.20. The van der Waals surface area contributed by atoms with Gasteiger partial charge in [-0.1, -0.05) is 6.08 Å². The Kier molecular flexibility index (Phi) is 4.78. The summed E-state index contributed by atoms with van der Waals surface area (Å²) in [6.45, 7) is 8.46. The largest absolute Gasteiger partial charge is 0.481 e. The van der Waals surface area contributed by atoms with E-state index in [1.165, 1.54) is 0 Å². The molecule has 0 amide bonds. The van der Waals surface area contributed by atoms with Crippen LogP contribution < -0.4 is 5.32 Å². The van der Waals surface area contributed by atoms with Crippen molar-refractivity contribution in [1.82, 2.24) is 10.2 Å². The van der Waals surface area contributed by atoms with E-state index in [0.29, 0.717) is 6.04 Å². The zero-order valence-electron chi connectivity index (χ0n) is 9.28. The summed E-state index contributed by atoms with van der Waals surface area (Å²) in [7, 11) is 0. The fraction of sp³-hybridized carbons (Fsp3) is 0.727. The molecule has 4 nitrogen and oxygen atoms in total. The minimum absolute atomic E-state index is 0.0555. The molecule has 0 radical (unpaired) electrons. The molecule has 1 aliphatic heterocycles. The monoisotopic (exact) mass is 212 g/mol. The molecule has 86 valence electrons. The van der Waals surface area contributed by atoms with E-state index in [1.54, 1.807) is 0 Å². The maximum absolute atomic E-state index is 10.7. The lowest BCUT2D eigenvalue weighted by Gasteiger charge is -2.22. The van der Waals surface area contributed by atoms with Gasteiger partial charge in [-0.2, -0.15) is 0 Å². The standard InChI is InChI=1S/C11H20N2O2/c1-3-5-13-6-4-9(2)12-10(8-13)7-11(14)15/h3,9-10,12H,1,4-8H2,2H3,(H,14,15). The van der Waals surface area contributed by atoms with Gasteiger partial charge in [0, 0.05) is 25.2 Å². The van der Waals surface area contributed by atoms with E-state index in [1.807, 2.05) is 6.08 Å². The van der Waals surface area contributed by atoms with Crippen LogP contribution in [-0.4, -0.2) is 47.7 Å². The highest BCUT2D eigenvalue weighted by molar-refractivity contribution is 5.67. The van der Waals surface area contributed by atoms with Crippen LogP contribution in [0.3, 0.4) is 0 Å². The first-order chi connectivity index (χ1) is 7.11. The molecular formula is C11H20N2O2. The Balaban J connectivity index is 2.52. The van der Waals surface area contributed by atoms with Crippen molar-refractivity contribution >= 4 is 5.97 Å². The highest BCUT2D eigenvalue weighted by Gasteiger charge is 2.22. The quantitative estimate of drug-likeness (QED) is 0.674. The van der Waals surface area contributed by atoms with Gasteiger partial charge in [0.1, 0.15) is 0 Å². The van der Waals surface area contributed by atoms with Gasteiger partial charge in [0.05, 0.1) is 6.42 Å². The molecule has 1 heterocycles. The number of nitrogens with one attached hydrogen (secondary N) is 1. The molecule has 0 saturated carbocycles. The topological polar surface area (TPSA) is 52.6 Å². The maximum atomic E-state index is 10.7. The minimum atomic E-state index is -0.736. The van der Waals surface area contributed by atoms with Crippen LogP contribution in [0, 0.1) is 0 Å². The zero-order chi connectivity index (χ0) is 11.3. The average Bonchev–Trinajstić information content (AvgIpc) is 2.28. The van der Waals surface area contributed by atoms with E-state index in [4.69, 9.17) is 5.11 Å². The third-order valence-electron chi connectivity index (χ3n) is 2.69. The molecule has 1 fully saturated rings. The minimum Gasteiger partial charge on any atom is -0.481 e. The molecule has 0 bridgehead atoms. The third kappa shape index (κ3) is 4.44. The molecule has 1 saturated heterocycles. The lowest BCUT2D eigenvalue weighted by molar-refractivity contribution is -0.137. The van der Waals surface area contributed by atoms with Gasteiger partial charge in [0.15, 0.2) is 0 Å². The number of carboxylic acid groups (broad SMARTS) is 1. The van der Waals surface area contributed by atoms with Crippen LogP contribution in [0.15, 0.2) is 12.7 Å². The van der Waals surface area contributed by atoms with Gasteiger partial charge >= 0.3 is 5.97 Å². The first kappa shape index (κ1) is 12.2. The van der Waals surface area contributed by atoms with Crippen molar-refractivity contribution in [3.8, 4) is 0 Å². The molecule has 15 heavy (non-hydrogen) atoms. The van der Waals surface area contributed by atoms with E-state index in [9.17, 15) is 4.79 Å². The SMILES string of the molecule is C=CCN1CCC(C)NC(CC(=O)O)C1. The second kappa shape index (κ2) is 5.88. The van der Waals surface area contributed by atoms with E-state index in [0.717, 1.165) is 26.1 Å². The van der Waals surface area contributed by atoms with Crippen molar-refractivity contribution in [3.05, 3.63) is 12.7 Å². The number of hydrogen-bond acceptors (Lipinski definition) is 3. The molecule has 2 unspecified atom stereocenters. The van der Waals surface area contributed by atoms with Crippen LogP contribution in [0.2, 0.25) is 0 Å². The summed E-state index contributed by atoms with van der Waals surface area (Å²) in [6, 6.07) is 0.448. The number of rotatable bonds is 4. The van der Waals surface area contributed by atoms with Gasteiger partial charge < -0.3 is 10.4 Å². The van der Waals surface area contributed by atoms with E-state index in [2.05, 4.69) is 23.7 Å². The molecule has 0 aromatic carbocycles. The Morgan fingerprint density at radius 3 is 3.07 bits per heavy atom. The van der Waals surface area contributed by atoms with Crippen molar-refractivity contribution in [1.29, 1.82) is 0 Å². The Morgan fingerprint density at radius 1 is 1.73 bits per heavy atom. The Bertz CT molecular complexity index is 231. The molecule has 2 N–H and O–H groups in total. The first-order valence-electron chi connectivity index (χ1n) is 5.43. The Labute approximate surface area is 91.0 Å². The molecular weight excluding hydrogens is 192 g/mol. The fourth-order valence-corrected chi connectivity index (χ4v) is 2.00. The summed E-state index contributed by atoms with van der Waals surface area (Å²) in [4.78, 5) is 12.9. The van der Waals surface area contributed by atoms with Crippen LogP contribution in [0.25, 0.3) is 0 Å². The Morgan fingerprint density at radius 2 is 2.47 bits per heavy atom. The summed E-state index contributed by atoms with van der Waals surface area (Å²) in [5.74, 6) is -0.736. The van der Waals surface area contributed by atoms with Gasteiger partial charge in [-0.25, -0.2) is 0 Å². The fourth-order valence-electron chi connectivity index (χ4n) is 2.00. The molecule has 0 aliphatic carbocycles. The summed E-state index contributed by atoms with van der Waals surface area (Å²) in [6.07, 6.45) is 3.12. The van der Waals surface area contributed by atoms with Crippen molar-refractivity contribution < 1.29 is 9.90 Å². The molecule has 0 aromatic rings. The Hall–Kier alpha value is -0.870. The van der Waals surface area contributed by atoms with Gasteiger partial charge in [-0.05, 0) is 19.9 Å². The van der Waals surface area contributed by atoms with Crippen molar-refractivity contribution in [3.63, 3.8) is 0 Å². The van der Waals surface area contributed by atoms with Crippen LogP contribution in [0.5, 0.6) is 0 Å². The van der Waals surface area contributed by atoms with E-state index >= 15 is 0 Å². The van der Waals surface area contributed by atoms with Crippen molar-refractivity contribution in [2.45, 2.75) is 31.8 Å². The van der Waals surface area contributed by atoms with Gasteiger partial charge in [0.25, 0.3) is 0 Å². The molecule has 0 spiro atoms. The van der Waals surface area contributed by atoms with E-state index in [-0.39, 0.29) is 12.5 Å². The van der Waals surface area contributed by atoms with Gasteiger partial charge in [-0.3, -0.25) is 9.69 Å². The summed E-state index contributed by atoms with van der Waals surface area (Å²) < 4.78 is 0. The highest BCUT2D eigenvalue weighted by Crippen LogP contribution is 2.08. The van der Waals surface area contributed by atoms with Crippen LogP contribution in [-0.2, 0) is 4.79 Å². The number of hydrogen-bond donors (Lipinski definition) is 2. The van der Waals surface area contributed by atoms with Gasteiger partial charge in [-0.15, -0.1) is 6.58 Å². The molecule has 4 heteroatoms. The summed E-state index contributed by atoms with van der Waals surface area (Å²) in [5, 5.41) is 12.1. The van der Waals surface area contributed by atoms with Crippen molar-refractivity contribution in [2.75, 3.05) is 19.6 Å². The number of aliphatic carboxylic acids is 1. The highest BCUT2D eigenvalue weighted by atomic mass is 16.4. The van der Waals surface area contributed by atoms with Crippen molar-refractivity contribution in [2.24, 2.45) is 0 Å². The zero-order valence-corrected chi connectivity index (χ0v) is 9.28. The lowest BCUT2D eigenvalue weighted by Crippen LogP contribution is -2.41. The van der Waals surface area contributed by atoms with Crippen LogP contribution >= 0.6 is 0 Å². The number of nitrogens with zero attached hydrogens (tertiary/aromatic N) is 1. The molecule has 0 aromatic heterocycles. The molecule has 1 aliphatic rings.